The van der Waals surface area contributed by atoms with Gasteiger partial charge < -0.3 is 10.5 Å². The highest BCUT2D eigenvalue weighted by Crippen LogP contribution is 2.35. The van der Waals surface area contributed by atoms with Crippen LogP contribution in [0.1, 0.15) is 24.2 Å². The molecule has 2 rings (SSSR count). The summed E-state index contributed by atoms with van der Waals surface area (Å²) in [4.78, 5) is 0. The first kappa shape index (κ1) is 14.2. The van der Waals surface area contributed by atoms with Gasteiger partial charge >= 0.3 is 0 Å². The van der Waals surface area contributed by atoms with Crippen molar-refractivity contribution in [3.63, 3.8) is 0 Å². The van der Waals surface area contributed by atoms with E-state index in [1.54, 1.807) is 12.1 Å². The second-order valence-corrected chi connectivity index (χ2v) is 5.09. The van der Waals surface area contributed by atoms with E-state index in [4.69, 9.17) is 33.7 Å². The molecule has 2 N–H and O–H groups in total. The molecule has 0 amide bonds. The van der Waals surface area contributed by atoms with E-state index >= 15 is 0 Å². The van der Waals surface area contributed by atoms with Gasteiger partial charge in [-0.2, -0.15) is 0 Å². The molecule has 4 heteroatoms. The molecule has 0 aliphatic carbocycles. The minimum atomic E-state index is -0.106. The number of benzene rings is 2. The van der Waals surface area contributed by atoms with Crippen LogP contribution in [0.25, 0.3) is 0 Å². The van der Waals surface area contributed by atoms with Gasteiger partial charge in [-0.25, -0.2) is 0 Å². The molecule has 0 saturated carbocycles. The molecule has 2 nitrogen and oxygen atoms in total. The molecule has 0 aliphatic rings. The Kier molecular flexibility index (Phi) is 4.70. The monoisotopic (exact) mass is 295 g/mol. The summed E-state index contributed by atoms with van der Waals surface area (Å²) in [6.07, 6.45) is -0.106. The number of rotatable bonds is 4. The molecule has 0 spiro atoms. The predicted octanol–water partition coefficient (Wildman–Crippen LogP) is 4.59. The first-order chi connectivity index (χ1) is 9.11. The molecule has 0 saturated heterocycles. The quantitative estimate of drug-likeness (QED) is 0.895. The lowest BCUT2D eigenvalue weighted by atomic mass is 10.1. The van der Waals surface area contributed by atoms with Gasteiger partial charge in [0.2, 0.25) is 0 Å². The van der Waals surface area contributed by atoms with Crippen LogP contribution in [0.4, 0.5) is 0 Å². The normalized spacial score (nSPS) is 12.2. The Morgan fingerprint density at radius 1 is 1.16 bits per heavy atom. The second kappa shape index (κ2) is 6.29. The van der Waals surface area contributed by atoms with Crippen LogP contribution in [-0.4, -0.2) is 0 Å². The summed E-state index contributed by atoms with van der Waals surface area (Å²) >= 11 is 12.1. The molecule has 0 bridgehead atoms. The Morgan fingerprint density at radius 3 is 2.47 bits per heavy atom. The fourth-order valence-corrected chi connectivity index (χ4v) is 2.45. The SMILES string of the molecule is CC(Oc1c(Cl)cc(Cl)cc1CN)c1ccccc1. The Hall–Kier alpha value is -1.22. The van der Waals surface area contributed by atoms with Crippen molar-refractivity contribution in [3.8, 4) is 5.75 Å². The summed E-state index contributed by atoms with van der Waals surface area (Å²) in [5.74, 6) is 0.602. The van der Waals surface area contributed by atoms with Gasteiger partial charge in [0.1, 0.15) is 11.9 Å². The van der Waals surface area contributed by atoms with Crippen LogP contribution in [0.5, 0.6) is 5.75 Å². The second-order valence-electron chi connectivity index (χ2n) is 4.25. The molecular formula is C15H15Cl2NO. The van der Waals surface area contributed by atoms with Crippen LogP contribution >= 0.6 is 23.2 Å². The van der Waals surface area contributed by atoms with Gasteiger partial charge in [-0.1, -0.05) is 53.5 Å². The van der Waals surface area contributed by atoms with Crippen molar-refractivity contribution >= 4 is 23.2 Å². The van der Waals surface area contributed by atoms with Crippen molar-refractivity contribution in [2.75, 3.05) is 0 Å². The highest BCUT2D eigenvalue weighted by atomic mass is 35.5. The summed E-state index contributed by atoms with van der Waals surface area (Å²) in [7, 11) is 0. The van der Waals surface area contributed by atoms with E-state index < -0.39 is 0 Å². The lowest BCUT2D eigenvalue weighted by Gasteiger charge is -2.19. The van der Waals surface area contributed by atoms with Crippen LogP contribution in [-0.2, 0) is 6.54 Å². The summed E-state index contributed by atoms with van der Waals surface area (Å²) in [6.45, 7) is 2.30. The zero-order valence-corrected chi connectivity index (χ0v) is 12.1. The molecule has 100 valence electrons. The predicted molar refractivity (Wildman–Crippen MR) is 79.8 cm³/mol. The third kappa shape index (κ3) is 3.41. The highest BCUT2D eigenvalue weighted by Gasteiger charge is 2.14. The fraction of sp³-hybridized carbons (Fsp3) is 0.200. The summed E-state index contributed by atoms with van der Waals surface area (Å²) in [5, 5.41) is 1.04. The number of nitrogens with two attached hydrogens (primary N) is 1. The van der Waals surface area contributed by atoms with Crippen molar-refractivity contribution in [2.24, 2.45) is 5.73 Å². The van der Waals surface area contributed by atoms with Crippen molar-refractivity contribution in [3.05, 3.63) is 63.6 Å². The molecule has 19 heavy (non-hydrogen) atoms. The lowest BCUT2D eigenvalue weighted by molar-refractivity contribution is 0.225. The maximum atomic E-state index is 6.18. The van der Waals surface area contributed by atoms with Gasteiger partial charge in [0.25, 0.3) is 0 Å². The zero-order valence-electron chi connectivity index (χ0n) is 10.6. The molecule has 1 unspecified atom stereocenters. The topological polar surface area (TPSA) is 35.2 Å². The Balaban J connectivity index is 2.28. The van der Waals surface area contributed by atoms with Crippen molar-refractivity contribution in [2.45, 2.75) is 19.6 Å². The largest absolute Gasteiger partial charge is 0.484 e. The van der Waals surface area contributed by atoms with Gasteiger partial charge in [0.05, 0.1) is 5.02 Å². The lowest BCUT2D eigenvalue weighted by Crippen LogP contribution is -2.07. The van der Waals surface area contributed by atoms with Gasteiger partial charge in [0.15, 0.2) is 0 Å². The van der Waals surface area contributed by atoms with Gasteiger partial charge in [-0.05, 0) is 24.6 Å². The molecule has 2 aromatic rings. The van der Waals surface area contributed by atoms with Crippen LogP contribution < -0.4 is 10.5 Å². The number of ether oxygens (including phenoxy) is 1. The maximum absolute atomic E-state index is 6.18. The van der Waals surface area contributed by atoms with E-state index in [0.717, 1.165) is 11.1 Å². The zero-order chi connectivity index (χ0) is 13.8. The minimum Gasteiger partial charge on any atom is -0.484 e. The van der Waals surface area contributed by atoms with Gasteiger partial charge in [-0.3, -0.25) is 0 Å². The fourth-order valence-electron chi connectivity index (χ4n) is 1.87. The van der Waals surface area contributed by atoms with E-state index in [1.807, 2.05) is 37.3 Å². The van der Waals surface area contributed by atoms with Crippen LogP contribution in [0, 0.1) is 0 Å². The summed E-state index contributed by atoms with van der Waals surface area (Å²) in [6, 6.07) is 13.4. The highest BCUT2D eigenvalue weighted by molar-refractivity contribution is 6.35. The average molecular weight is 296 g/mol. The van der Waals surface area contributed by atoms with Gasteiger partial charge in [-0.15, -0.1) is 0 Å². The molecule has 0 aromatic heterocycles. The molecule has 0 heterocycles. The average Bonchev–Trinajstić information content (AvgIpc) is 2.42. The van der Waals surface area contributed by atoms with Crippen molar-refractivity contribution in [1.82, 2.24) is 0 Å². The van der Waals surface area contributed by atoms with Crippen LogP contribution in [0.15, 0.2) is 42.5 Å². The molecule has 0 fully saturated rings. The maximum Gasteiger partial charge on any atom is 0.143 e. The third-order valence-electron chi connectivity index (χ3n) is 2.87. The molecule has 1 atom stereocenters. The van der Waals surface area contributed by atoms with E-state index in [1.165, 1.54) is 0 Å². The first-order valence-corrected chi connectivity index (χ1v) is 6.77. The Labute approximate surface area is 123 Å². The summed E-state index contributed by atoms with van der Waals surface area (Å²) in [5.41, 5.74) is 7.59. The number of hydrogen-bond acceptors (Lipinski definition) is 2. The standard InChI is InChI=1S/C15H15Cl2NO/c1-10(11-5-3-2-4-6-11)19-15-12(9-18)7-13(16)8-14(15)17/h2-8,10H,9,18H2,1H3. The van der Waals surface area contributed by atoms with E-state index in [2.05, 4.69) is 0 Å². The summed E-state index contributed by atoms with van der Waals surface area (Å²) < 4.78 is 5.94. The van der Waals surface area contributed by atoms with Crippen molar-refractivity contribution in [1.29, 1.82) is 0 Å². The molecule has 2 aromatic carbocycles. The van der Waals surface area contributed by atoms with E-state index in [9.17, 15) is 0 Å². The first-order valence-electron chi connectivity index (χ1n) is 6.01. The van der Waals surface area contributed by atoms with Crippen LogP contribution in [0.2, 0.25) is 10.0 Å². The molecular weight excluding hydrogens is 281 g/mol. The Bertz CT molecular complexity index is 558. The number of hydrogen-bond donors (Lipinski definition) is 1. The molecule has 0 aliphatic heterocycles. The van der Waals surface area contributed by atoms with E-state index in [-0.39, 0.29) is 6.10 Å². The minimum absolute atomic E-state index is 0.106. The number of halogens is 2. The Morgan fingerprint density at radius 2 is 1.84 bits per heavy atom. The third-order valence-corrected chi connectivity index (χ3v) is 3.37. The smallest absolute Gasteiger partial charge is 0.143 e. The van der Waals surface area contributed by atoms with Gasteiger partial charge in [0, 0.05) is 17.1 Å². The molecule has 0 radical (unpaired) electrons. The van der Waals surface area contributed by atoms with E-state index in [0.29, 0.717) is 22.3 Å². The van der Waals surface area contributed by atoms with Crippen LogP contribution in [0.3, 0.4) is 0 Å². The van der Waals surface area contributed by atoms with Crippen molar-refractivity contribution < 1.29 is 4.74 Å².